The Kier molecular flexibility index (Phi) is 7.01. The van der Waals surface area contributed by atoms with E-state index in [1.807, 2.05) is 0 Å². The average Bonchev–Trinajstić information content (AvgIpc) is 2.53. The van der Waals surface area contributed by atoms with Crippen LogP contribution in [0.4, 0.5) is 0 Å². The Labute approximate surface area is 132 Å². The normalized spacial score (nSPS) is 11.4. The third kappa shape index (κ3) is 4.71. The molecule has 0 heterocycles. The molecule has 0 N–H and O–H groups in total. The molecule has 0 amide bonds. The second-order valence-electron chi connectivity index (χ2n) is 6.04. The summed E-state index contributed by atoms with van der Waals surface area (Å²) in [7, 11) is -0.392. The number of rotatable bonds is 9. The Balaban J connectivity index is 2.19. The molecule has 0 unspecified atom stereocenters. The SMILES string of the molecule is CCCCC[Si](CCCCC)c1cccc2ccccc12. The first-order chi connectivity index (χ1) is 10.4. The third-order valence-corrected chi connectivity index (χ3v) is 7.45. The summed E-state index contributed by atoms with van der Waals surface area (Å²) in [6.45, 7) is 4.61. The summed E-state index contributed by atoms with van der Waals surface area (Å²) in [5.41, 5.74) is 0. The van der Waals surface area contributed by atoms with Gasteiger partial charge < -0.3 is 0 Å². The van der Waals surface area contributed by atoms with Crippen LogP contribution in [0.25, 0.3) is 10.8 Å². The van der Waals surface area contributed by atoms with Crippen molar-refractivity contribution in [2.24, 2.45) is 0 Å². The predicted octanol–water partition coefficient (Wildman–Crippen LogP) is 5.92. The van der Waals surface area contributed by atoms with Gasteiger partial charge in [-0.25, -0.2) is 0 Å². The summed E-state index contributed by atoms with van der Waals surface area (Å²) >= 11 is 0. The largest absolute Gasteiger partial charge is 0.0864 e. The monoisotopic (exact) mass is 297 g/mol. The van der Waals surface area contributed by atoms with E-state index in [9.17, 15) is 0 Å². The van der Waals surface area contributed by atoms with Crippen LogP contribution in [0.2, 0.25) is 12.1 Å². The molecule has 0 saturated heterocycles. The topological polar surface area (TPSA) is 0 Å². The maximum atomic E-state index is 2.41. The molecule has 0 bridgehead atoms. The van der Waals surface area contributed by atoms with E-state index in [-0.39, 0.29) is 0 Å². The van der Waals surface area contributed by atoms with E-state index in [2.05, 4.69) is 56.3 Å². The molecule has 113 valence electrons. The van der Waals surface area contributed by atoms with Crippen LogP contribution in [0.15, 0.2) is 42.5 Å². The Morgan fingerprint density at radius 1 is 0.714 bits per heavy atom. The zero-order valence-corrected chi connectivity index (χ0v) is 14.7. The number of benzene rings is 2. The van der Waals surface area contributed by atoms with Crippen molar-refractivity contribution in [1.82, 2.24) is 0 Å². The van der Waals surface area contributed by atoms with Crippen LogP contribution in [0.5, 0.6) is 0 Å². The Hall–Kier alpha value is -1.08. The van der Waals surface area contributed by atoms with Crippen molar-refractivity contribution in [2.45, 2.75) is 64.5 Å². The van der Waals surface area contributed by atoms with Gasteiger partial charge in [-0.3, -0.25) is 0 Å². The molecule has 0 aliphatic heterocycles. The maximum absolute atomic E-state index is 2.41. The molecule has 2 aromatic rings. The number of fused-ring (bicyclic) bond motifs is 1. The summed E-state index contributed by atoms with van der Waals surface area (Å²) in [5.74, 6) is 0. The molecule has 1 heteroatoms. The van der Waals surface area contributed by atoms with Gasteiger partial charge in [0.05, 0.1) is 8.80 Å². The van der Waals surface area contributed by atoms with Gasteiger partial charge in [-0.2, -0.15) is 0 Å². The minimum atomic E-state index is -0.392. The molecular weight excluding hydrogens is 268 g/mol. The summed E-state index contributed by atoms with van der Waals surface area (Å²) in [5, 5.41) is 4.62. The van der Waals surface area contributed by atoms with Crippen molar-refractivity contribution >= 4 is 24.8 Å². The zero-order valence-electron chi connectivity index (χ0n) is 13.7. The minimum absolute atomic E-state index is 0.392. The van der Waals surface area contributed by atoms with Crippen LogP contribution < -0.4 is 5.19 Å². The van der Waals surface area contributed by atoms with Gasteiger partial charge in [0.1, 0.15) is 0 Å². The summed E-state index contributed by atoms with van der Waals surface area (Å²) in [6, 6.07) is 18.8. The van der Waals surface area contributed by atoms with Gasteiger partial charge in [0, 0.05) is 0 Å². The highest BCUT2D eigenvalue weighted by Gasteiger charge is 2.15. The average molecular weight is 298 g/mol. The first kappa shape index (κ1) is 16.3. The molecule has 0 spiro atoms. The number of hydrogen-bond acceptors (Lipinski definition) is 0. The lowest BCUT2D eigenvalue weighted by atomic mass is 10.1. The Bertz CT molecular complexity index is 517. The molecular formula is C20H29Si. The van der Waals surface area contributed by atoms with Crippen molar-refractivity contribution < 1.29 is 0 Å². The first-order valence-electron chi connectivity index (χ1n) is 8.69. The van der Waals surface area contributed by atoms with Gasteiger partial charge in [-0.15, -0.1) is 0 Å². The second kappa shape index (κ2) is 9.04. The van der Waals surface area contributed by atoms with E-state index in [0.29, 0.717) is 0 Å². The Morgan fingerprint density at radius 3 is 2.00 bits per heavy atom. The maximum Gasteiger partial charge on any atom is 0.0864 e. The molecule has 0 aliphatic carbocycles. The van der Waals surface area contributed by atoms with Crippen molar-refractivity contribution in [2.75, 3.05) is 0 Å². The zero-order chi connectivity index (χ0) is 14.9. The van der Waals surface area contributed by atoms with E-state index >= 15 is 0 Å². The predicted molar refractivity (Wildman–Crippen MR) is 98.0 cm³/mol. The van der Waals surface area contributed by atoms with Gasteiger partial charge in [0.2, 0.25) is 0 Å². The fourth-order valence-electron chi connectivity index (χ4n) is 3.10. The van der Waals surface area contributed by atoms with Crippen LogP contribution >= 0.6 is 0 Å². The van der Waals surface area contributed by atoms with E-state index in [0.717, 1.165) is 0 Å². The van der Waals surface area contributed by atoms with Gasteiger partial charge >= 0.3 is 0 Å². The summed E-state index contributed by atoms with van der Waals surface area (Å²) < 4.78 is 0. The van der Waals surface area contributed by atoms with Crippen LogP contribution in [0, 0.1) is 0 Å². The van der Waals surface area contributed by atoms with Gasteiger partial charge in [-0.05, 0) is 10.8 Å². The van der Waals surface area contributed by atoms with Gasteiger partial charge in [0.15, 0.2) is 0 Å². The summed E-state index contributed by atoms with van der Waals surface area (Å²) in [4.78, 5) is 0. The standard InChI is InChI=1S/C20H29Si/c1-3-5-9-16-21(17-10-6-4-2)20-15-11-13-18-12-7-8-14-19(18)20/h7-8,11-15H,3-6,9-10,16-17H2,1-2H3. The smallest absolute Gasteiger partial charge is 0.0654 e. The van der Waals surface area contributed by atoms with Gasteiger partial charge in [0.25, 0.3) is 0 Å². The number of unbranched alkanes of at least 4 members (excludes halogenated alkanes) is 4. The lowest BCUT2D eigenvalue weighted by Gasteiger charge is -2.17. The molecule has 1 radical (unpaired) electrons. The van der Waals surface area contributed by atoms with Crippen LogP contribution in [-0.2, 0) is 0 Å². The van der Waals surface area contributed by atoms with E-state index in [1.165, 1.54) is 61.4 Å². The number of hydrogen-bond donors (Lipinski definition) is 0. The van der Waals surface area contributed by atoms with Gasteiger partial charge in [-0.1, -0.05) is 112 Å². The van der Waals surface area contributed by atoms with E-state index in [1.54, 1.807) is 5.19 Å². The highest BCUT2D eigenvalue weighted by molar-refractivity contribution is 6.75. The highest BCUT2D eigenvalue weighted by atomic mass is 28.3. The molecule has 0 aromatic heterocycles. The first-order valence-corrected chi connectivity index (χ1v) is 10.6. The Morgan fingerprint density at radius 2 is 1.33 bits per heavy atom. The lowest BCUT2D eigenvalue weighted by Crippen LogP contribution is -2.30. The van der Waals surface area contributed by atoms with Crippen LogP contribution in [-0.4, -0.2) is 8.80 Å². The van der Waals surface area contributed by atoms with Crippen molar-refractivity contribution in [3.63, 3.8) is 0 Å². The molecule has 0 aliphatic rings. The molecule has 0 nitrogen and oxygen atoms in total. The van der Waals surface area contributed by atoms with E-state index < -0.39 is 8.80 Å². The minimum Gasteiger partial charge on any atom is -0.0654 e. The fraction of sp³-hybridized carbons (Fsp3) is 0.500. The lowest BCUT2D eigenvalue weighted by molar-refractivity contribution is 0.748. The molecule has 0 fully saturated rings. The molecule has 21 heavy (non-hydrogen) atoms. The van der Waals surface area contributed by atoms with Crippen LogP contribution in [0.1, 0.15) is 52.4 Å². The van der Waals surface area contributed by atoms with Crippen molar-refractivity contribution in [1.29, 1.82) is 0 Å². The van der Waals surface area contributed by atoms with E-state index in [4.69, 9.17) is 0 Å². The molecule has 2 rings (SSSR count). The quantitative estimate of drug-likeness (QED) is 0.398. The summed E-state index contributed by atoms with van der Waals surface area (Å²) in [6.07, 6.45) is 8.29. The fourth-order valence-corrected chi connectivity index (χ4v) is 6.19. The molecule has 0 atom stereocenters. The second-order valence-corrected chi connectivity index (χ2v) is 8.79. The molecule has 0 saturated carbocycles. The van der Waals surface area contributed by atoms with Crippen molar-refractivity contribution in [3.05, 3.63) is 42.5 Å². The highest BCUT2D eigenvalue weighted by Crippen LogP contribution is 2.18. The van der Waals surface area contributed by atoms with Crippen molar-refractivity contribution in [3.8, 4) is 0 Å². The third-order valence-electron chi connectivity index (χ3n) is 4.33. The van der Waals surface area contributed by atoms with Crippen LogP contribution in [0.3, 0.4) is 0 Å². The molecule has 2 aromatic carbocycles.